The topological polar surface area (TPSA) is 48.6 Å². The van der Waals surface area contributed by atoms with Crippen molar-refractivity contribution in [2.45, 2.75) is 25.8 Å². The molecule has 1 aromatic carbocycles. The van der Waals surface area contributed by atoms with Crippen LogP contribution in [0.1, 0.15) is 35.3 Å². The van der Waals surface area contributed by atoms with Crippen LogP contribution >= 0.6 is 0 Å². The average Bonchev–Trinajstić information content (AvgIpc) is 3.34. The SMILES string of the molecule is COc1cccc(CN2CCC3(CC2)CCN(C(=O)c2ccc[nH]2)C3)c1. The molecule has 0 radical (unpaired) electrons. The Bertz CT molecular complexity index is 748. The molecule has 0 aliphatic carbocycles. The molecule has 2 fully saturated rings. The number of aromatic amines is 1. The van der Waals surface area contributed by atoms with E-state index in [9.17, 15) is 4.79 Å². The van der Waals surface area contributed by atoms with E-state index in [4.69, 9.17) is 4.74 Å². The van der Waals surface area contributed by atoms with Gasteiger partial charge in [-0.3, -0.25) is 9.69 Å². The molecule has 2 aromatic rings. The van der Waals surface area contributed by atoms with Crippen LogP contribution in [-0.2, 0) is 6.54 Å². The normalized spacial score (nSPS) is 19.8. The molecule has 0 atom stereocenters. The molecule has 2 aliphatic rings. The molecule has 0 bridgehead atoms. The number of methoxy groups -OCH3 is 1. The summed E-state index contributed by atoms with van der Waals surface area (Å²) in [5, 5.41) is 0. The molecule has 1 N–H and O–H groups in total. The Hall–Kier alpha value is -2.27. The third-order valence-corrected chi connectivity index (χ3v) is 6.01. The highest BCUT2D eigenvalue weighted by molar-refractivity contribution is 5.92. The molecule has 2 aliphatic heterocycles. The van der Waals surface area contributed by atoms with Gasteiger partial charge in [-0.25, -0.2) is 0 Å². The number of H-pyrrole nitrogens is 1. The second-order valence-corrected chi connectivity index (χ2v) is 7.69. The first-order valence-corrected chi connectivity index (χ1v) is 9.45. The van der Waals surface area contributed by atoms with E-state index >= 15 is 0 Å². The molecule has 1 aromatic heterocycles. The smallest absolute Gasteiger partial charge is 0.270 e. The van der Waals surface area contributed by atoms with Crippen molar-refractivity contribution < 1.29 is 9.53 Å². The van der Waals surface area contributed by atoms with Crippen LogP contribution in [0.4, 0.5) is 0 Å². The van der Waals surface area contributed by atoms with Crippen molar-refractivity contribution in [2.75, 3.05) is 33.3 Å². The molecule has 3 heterocycles. The van der Waals surface area contributed by atoms with Crippen LogP contribution in [0.3, 0.4) is 0 Å². The van der Waals surface area contributed by atoms with Crippen LogP contribution in [-0.4, -0.2) is 54.0 Å². The number of nitrogens with one attached hydrogen (secondary N) is 1. The predicted molar refractivity (Wildman–Crippen MR) is 101 cm³/mol. The van der Waals surface area contributed by atoms with Crippen LogP contribution in [0.5, 0.6) is 5.75 Å². The van der Waals surface area contributed by atoms with Gasteiger partial charge in [-0.15, -0.1) is 0 Å². The summed E-state index contributed by atoms with van der Waals surface area (Å²) in [5.74, 6) is 1.07. The van der Waals surface area contributed by atoms with Gasteiger partial charge in [0.05, 0.1) is 7.11 Å². The Balaban J connectivity index is 1.32. The summed E-state index contributed by atoms with van der Waals surface area (Å²) in [6.07, 6.45) is 5.29. The number of likely N-dealkylation sites (tertiary alicyclic amines) is 2. The zero-order valence-electron chi connectivity index (χ0n) is 15.4. The lowest BCUT2D eigenvalue weighted by Gasteiger charge is -2.39. The summed E-state index contributed by atoms with van der Waals surface area (Å²) in [7, 11) is 1.71. The molecule has 1 amide bonds. The van der Waals surface area contributed by atoms with E-state index in [1.54, 1.807) is 7.11 Å². The number of carbonyl (C=O) groups excluding carboxylic acids is 1. The zero-order valence-corrected chi connectivity index (χ0v) is 15.4. The largest absolute Gasteiger partial charge is 0.497 e. The number of hydrogen-bond acceptors (Lipinski definition) is 3. The van der Waals surface area contributed by atoms with E-state index in [0.29, 0.717) is 11.1 Å². The standard InChI is InChI=1S/C21H27N3O2/c1-26-18-5-2-4-17(14-18)15-23-11-7-21(8-12-23)9-13-24(16-21)20(25)19-6-3-10-22-19/h2-6,10,14,22H,7-9,11-13,15-16H2,1H3. The Morgan fingerprint density at radius 1 is 1.15 bits per heavy atom. The van der Waals surface area contributed by atoms with Crippen LogP contribution in [0.2, 0.25) is 0 Å². The Morgan fingerprint density at radius 2 is 1.96 bits per heavy atom. The second-order valence-electron chi connectivity index (χ2n) is 7.69. The highest BCUT2D eigenvalue weighted by Crippen LogP contribution is 2.41. The fraction of sp³-hybridized carbons (Fsp3) is 0.476. The molecule has 0 saturated carbocycles. The third-order valence-electron chi connectivity index (χ3n) is 6.01. The number of nitrogens with zero attached hydrogens (tertiary/aromatic N) is 2. The lowest BCUT2D eigenvalue weighted by atomic mass is 9.77. The lowest BCUT2D eigenvalue weighted by Crippen LogP contribution is -2.42. The van der Waals surface area contributed by atoms with Crippen molar-refractivity contribution in [2.24, 2.45) is 5.41 Å². The van der Waals surface area contributed by atoms with Crippen LogP contribution < -0.4 is 4.74 Å². The van der Waals surface area contributed by atoms with Crippen molar-refractivity contribution in [3.05, 3.63) is 53.9 Å². The molecular weight excluding hydrogens is 326 g/mol. The molecule has 4 rings (SSSR count). The molecule has 26 heavy (non-hydrogen) atoms. The molecule has 1 spiro atoms. The molecule has 5 nitrogen and oxygen atoms in total. The van der Waals surface area contributed by atoms with Gasteiger partial charge in [0.25, 0.3) is 5.91 Å². The van der Waals surface area contributed by atoms with Crippen molar-refractivity contribution >= 4 is 5.91 Å². The number of piperidine rings is 1. The summed E-state index contributed by atoms with van der Waals surface area (Å²) in [5.41, 5.74) is 2.32. The highest BCUT2D eigenvalue weighted by Gasteiger charge is 2.42. The van der Waals surface area contributed by atoms with Crippen molar-refractivity contribution in [1.29, 1.82) is 0 Å². The van der Waals surface area contributed by atoms with Gasteiger partial charge in [-0.05, 0) is 67.6 Å². The van der Waals surface area contributed by atoms with Crippen molar-refractivity contribution in [3.63, 3.8) is 0 Å². The van der Waals surface area contributed by atoms with E-state index in [1.165, 1.54) is 18.4 Å². The number of benzene rings is 1. The first-order chi connectivity index (χ1) is 12.7. The van der Waals surface area contributed by atoms with Crippen LogP contribution in [0.15, 0.2) is 42.6 Å². The Kier molecular flexibility index (Phi) is 4.72. The van der Waals surface area contributed by atoms with Gasteiger partial charge in [0, 0.05) is 25.8 Å². The van der Waals surface area contributed by atoms with Gasteiger partial charge >= 0.3 is 0 Å². The van der Waals surface area contributed by atoms with E-state index < -0.39 is 0 Å². The van der Waals surface area contributed by atoms with E-state index in [2.05, 4.69) is 28.1 Å². The maximum atomic E-state index is 12.6. The molecule has 138 valence electrons. The highest BCUT2D eigenvalue weighted by atomic mass is 16.5. The number of hydrogen-bond donors (Lipinski definition) is 1. The second kappa shape index (κ2) is 7.16. The van der Waals surface area contributed by atoms with Gasteiger partial charge in [0.1, 0.15) is 11.4 Å². The van der Waals surface area contributed by atoms with E-state index in [-0.39, 0.29) is 5.91 Å². The van der Waals surface area contributed by atoms with Gasteiger partial charge in [0.15, 0.2) is 0 Å². The minimum absolute atomic E-state index is 0.144. The quantitative estimate of drug-likeness (QED) is 0.919. The predicted octanol–water partition coefficient (Wildman–Crippen LogP) is 3.15. The number of aromatic nitrogens is 1. The van der Waals surface area contributed by atoms with Crippen LogP contribution in [0.25, 0.3) is 0 Å². The summed E-state index contributed by atoms with van der Waals surface area (Å²) in [6, 6.07) is 12.1. The maximum absolute atomic E-state index is 12.6. The van der Waals surface area contributed by atoms with Gasteiger partial charge in [-0.2, -0.15) is 0 Å². The monoisotopic (exact) mass is 353 g/mol. The summed E-state index contributed by atoms with van der Waals surface area (Å²) in [6.45, 7) is 4.95. The summed E-state index contributed by atoms with van der Waals surface area (Å²) >= 11 is 0. The maximum Gasteiger partial charge on any atom is 0.270 e. The Labute approximate surface area is 154 Å². The van der Waals surface area contributed by atoms with Crippen molar-refractivity contribution in [1.82, 2.24) is 14.8 Å². The minimum Gasteiger partial charge on any atom is -0.497 e. The molecular formula is C21H27N3O2. The molecule has 0 unspecified atom stereocenters. The Morgan fingerprint density at radius 3 is 2.69 bits per heavy atom. The minimum atomic E-state index is 0.144. The molecule has 5 heteroatoms. The average molecular weight is 353 g/mol. The fourth-order valence-corrected chi connectivity index (χ4v) is 4.36. The van der Waals surface area contributed by atoms with Crippen molar-refractivity contribution in [3.8, 4) is 5.75 Å². The van der Waals surface area contributed by atoms with Gasteiger partial charge < -0.3 is 14.6 Å². The number of amides is 1. The number of carbonyl (C=O) groups is 1. The molecule has 2 saturated heterocycles. The van der Waals surface area contributed by atoms with Crippen LogP contribution in [0, 0.1) is 5.41 Å². The first kappa shape index (κ1) is 17.2. The number of rotatable bonds is 4. The van der Waals surface area contributed by atoms with Gasteiger partial charge in [0.2, 0.25) is 0 Å². The summed E-state index contributed by atoms with van der Waals surface area (Å²) < 4.78 is 5.33. The fourth-order valence-electron chi connectivity index (χ4n) is 4.36. The number of ether oxygens (including phenoxy) is 1. The lowest BCUT2D eigenvalue weighted by molar-refractivity contribution is 0.0709. The zero-order chi connectivity index (χ0) is 18.0. The van der Waals surface area contributed by atoms with Gasteiger partial charge in [-0.1, -0.05) is 12.1 Å². The summed E-state index contributed by atoms with van der Waals surface area (Å²) in [4.78, 5) is 20.2. The third kappa shape index (κ3) is 3.49. The first-order valence-electron chi connectivity index (χ1n) is 9.45. The van der Waals surface area contributed by atoms with E-state index in [0.717, 1.165) is 44.9 Å². The van der Waals surface area contributed by atoms with E-state index in [1.807, 2.05) is 29.3 Å².